The lowest BCUT2D eigenvalue weighted by atomic mass is 9.79. The summed E-state index contributed by atoms with van der Waals surface area (Å²) in [6, 6.07) is 6.01. The van der Waals surface area contributed by atoms with Gasteiger partial charge in [-0.3, -0.25) is 4.79 Å². The van der Waals surface area contributed by atoms with E-state index in [4.69, 9.17) is 0 Å². The molecule has 3 heterocycles. The van der Waals surface area contributed by atoms with Gasteiger partial charge in [-0.2, -0.15) is 5.10 Å². The topological polar surface area (TPSA) is 63.1 Å². The van der Waals surface area contributed by atoms with Gasteiger partial charge in [-0.1, -0.05) is 13.3 Å². The number of carbonyl (C=O) groups excluding carboxylic acids is 1. The number of piperidine rings is 1. The second-order valence-electron chi connectivity index (χ2n) is 10.1. The Kier molecular flexibility index (Phi) is 6.37. The summed E-state index contributed by atoms with van der Waals surface area (Å²) in [5.74, 6) is 0.816. The fourth-order valence-corrected chi connectivity index (χ4v) is 4.93. The van der Waals surface area contributed by atoms with Crippen LogP contribution >= 0.6 is 0 Å². The molecule has 0 saturated carbocycles. The lowest BCUT2D eigenvalue weighted by Crippen LogP contribution is -2.62. The van der Waals surface area contributed by atoms with E-state index in [2.05, 4.69) is 54.9 Å². The average molecular weight is 412 g/mol. The molecule has 6 heteroatoms. The quantitative estimate of drug-likeness (QED) is 0.763. The Morgan fingerprint density at radius 3 is 2.37 bits per heavy atom. The summed E-state index contributed by atoms with van der Waals surface area (Å²) in [4.78, 5) is 20.2. The molecule has 2 aromatic rings. The van der Waals surface area contributed by atoms with Gasteiger partial charge in [0, 0.05) is 35.6 Å². The second-order valence-corrected chi connectivity index (χ2v) is 10.1. The van der Waals surface area contributed by atoms with E-state index in [-0.39, 0.29) is 23.0 Å². The van der Waals surface area contributed by atoms with Gasteiger partial charge in [0.15, 0.2) is 5.82 Å². The molecule has 1 aliphatic heterocycles. The smallest absolute Gasteiger partial charge is 0.255 e. The Balaban J connectivity index is 1.85. The highest BCUT2D eigenvalue weighted by Gasteiger charge is 2.41. The highest BCUT2D eigenvalue weighted by Crippen LogP contribution is 2.32. The normalized spacial score (nSPS) is 18.4. The van der Waals surface area contributed by atoms with Gasteiger partial charge in [-0.05, 0) is 79.0 Å². The van der Waals surface area contributed by atoms with Crippen LogP contribution in [0.3, 0.4) is 0 Å². The van der Waals surface area contributed by atoms with E-state index >= 15 is 0 Å². The number of carbonyl (C=O) groups is 1. The number of hydrogen-bond donors (Lipinski definition) is 1. The van der Waals surface area contributed by atoms with E-state index in [1.807, 2.05) is 36.7 Å². The number of aromatic nitrogens is 3. The third kappa shape index (κ3) is 5.09. The number of hydrogen-bond acceptors (Lipinski definition) is 4. The first-order valence-corrected chi connectivity index (χ1v) is 11.1. The number of aryl methyl sites for hydroxylation is 2. The molecular weight excluding hydrogens is 374 g/mol. The molecule has 1 saturated heterocycles. The van der Waals surface area contributed by atoms with Crippen molar-refractivity contribution >= 4 is 5.91 Å². The Bertz CT molecular complexity index is 866. The van der Waals surface area contributed by atoms with E-state index in [0.29, 0.717) is 5.56 Å². The number of unbranched alkanes of at least 4 members (excludes halogenated alkanes) is 1. The molecule has 1 amide bonds. The van der Waals surface area contributed by atoms with Crippen LogP contribution in [-0.4, -0.2) is 49.2 Å². The molecule has 1 N–H and O–H groups in total. The summed E-state index contributed by atoms with van der Waals surface area (Å²) in [5, 5.41) is 8.21. The minimum absolute atomic E-state index is 0.00521. The molecular formula is C24H37N5O. The van der Waals surface area contributed by atoms with Crippen LogP contribution in [0.2, 0.25) is 0 Å². The van der Waals surface area contributed by atoms with Crippen LogP contribution in [0.25, 0.3) is 5.82 Å². The summed E-state index contributed by atoms with van der Waals surface area (Å²) in [6.45, 7) is 15.8. The molecule has 0 spiro atoms. The summed E-state index contributed by atoms with van der Waals surface area (Å²) in [5.41, 5.74) is 2.62. The zero-order valence-electron chi connectivity index (χ0n) is 19.6. The van der Waals surface area contributed by atoms with E-state index in [1.54, 1.807) is 6.20 Å². The number of pyridine rings is 1. The third-order valence-electron chi connectivity index (χ3n) is 5.84. The van der Waals surface area contributed by atoms with Gasteiger partial charge in [0.05, 0.1) is 11.3 Å². The molecule has 6 nitrogen and oxygen atoms in total. The van der Waals surface area contributed by atoms with Crippen molar-refractivity contribution in [2.75, 3.05) is 6.54 Å². The molecule has 30 heavy (non-hydrogen) atoms. The Labute approximate surface area is 181 Å². The zero-order valence-corrected chi connectivity index (χ0v) is 19.6. The van der Waals surface area contributed by atoms with Gasteiger partial charge >= 0.3 is 0 Å². The fraction of sp³-hybridized carbons (Fsp3) is 0.625. The second kappa shape index (κ2) is 8.50. The van der Waals surface area contributed by atoms with Crippen molar-refractivity contribution in [3.8, 4) is 5.82 Å². The van der Waals surface area contributed by atoms with E-state index in [0.717, 1.165) is 49.4 Å². The molecule has 0 atom stereocenters. The molecule has 0 aliphatic carbocycles. The van der Waals surface area contributed by atoms with Crippen molar-refractivity contribution in [3.05, 3.63) is 41.3 Å². The Hall–Kier alpha value is -2.21. The maximum atomic E-state index is 13.5. The van der Waals surface area contributed by atoms with Crippen molar-refractivity contribution in [1.29, 1.82) is 0 Å². The molecule has 0 aromatic carbocycles. The fourth-order valence-electron chi connectivity index (χ4n) is 4.93. The molecule has 0 radical (unpaired) electrons. The highest BCUT2D eigenvalue weighted by atomic mass is 16.2. The van der Waals surface area contributed by atoms with Crippen molar-refractivity contribution in [1.82, 2.24) is 25.0 Å². The molecule has 164 valence electrons. The SMILES string of the molecule is CCCCN(C(=O)c1ccc(-n2nc(C)cc2C)nc1)C1CC(C)(C)NC(C)(C)C1. The first-order chi connectivity index (χ1) is 14.0. The minimum atomic E-state index is -0.00521. The predicted octanol–water partition coefficient (Wildman–Crippen LogP) is 4.44. The van der Waals surface area contributed by atoms with Crippen LogP contribution in [0, 0.1) is 13.8 Å². The van der Waals surface area contributed by atoms with Gasteiger partial charge < -0.3 is 10.2 Å². The monoisotopic (exact) mass is 411 g/mol. The van der Waals surface area contributed by atoms with Crippen molar-refractivity contribution in [3.63, 3.8) is 0 Å². The highest BCUT2D eigenvalue weighted by molar-refractivity contribution is 5.94. The van der Waals surface area contributed by atoms with E-state index < -0.39 is 0 Å². The van der Waals surface area contributed by atoms with Gasteiger partial charge in [0.1, 0.15) is 0 Å². The van der Waals surface area contributed by atoms with Crippen LogP contribution in [0.15, 0.2) is 24.4 Å². The Morgan fingerprint density at radius 2 is 1.87 bits per heavy atom. The van der Waals surface area contributed by atoms with Gasteiger partial charge in [0.2, 0.25) is 0 Å². The van der Waals surface area contributed by atoms with Gasteiger partial charge in [-0.25, -0.2) is 9.67 Å². The van der Waals surface area contributed by atoms with Gasteiger partial charge in [-0.15, -0.1) is 0 Å². The van der Waals surface area contributed by atoms with Gasteiger partial charge in [0.25, 0.3) is 5.91 Å². The molecule has 2 aromatic heterocycles. The van der Waals surface area contributed by atoms with Crippen molar-refractivity contribution in [2.45, 2.75) is 91.3 Å². The first-order valence-electron chi connectivity index (χ1n) is 11.1. The summed E-state index contributed by atoms with van der Waals surface area (Å²) >= 11 is 0. The zero-order chi connectivity index (χ0) is 22.1. The van der Waals surface area contributed by atoms with Crippen LogP contribution in [0.4, 0.5) is 0 Å². The number of nitrogens with one attached hydrogen (secondary N) is 1. The standard InChI is InChI=1S/C24H37N5O/c1-8-9-12-28(20-14-23(4,5)27-24(6,7)15-20)22(30)19-10-11-21(25-16-19)29-18(3)13-17(2)26-29/h10-11,13,16,20,27H,8-9,12,14-15H2,1-7H3. The van der Waals surface area contributed by atoms with E-state index in [9.17, 15) is 4.79 Å². The lowest BCUT2D eigenvalue weighted by Gasteiger charge is -2.49. The maximum absolute atomic E-state index is 13.5. The van der Waals surface area contributed by atoms with Crippen LogP contribution in [0.5, 0.6) is 0 Å². The lowest BCUT2D eigenvalue weighted by molar-refractivity contribution is 0.0441. The molecule has 0 unspecified atom stereocenters. The van der Waals surface area contributed by atoms with Crippen LogP contribution in [0.1, 0.15) is 82.0 Å². The van der Waals surface area contributed by atoms with Crippen LogP contribution < -0.4 is 5.32 Å². The van der Waals surface area contributed by atoms with Crippen molar-refractivity contribution < 1.29 is 4.79 Å². The minimum Gasteiger partial charge on any atom is -0.335 e. The summed E-state index contributed by atoms with van der Waals surface area (Å²) < 4.78 is 1.82. The maximum Gasteiger partial charge on any atom is 0.255 e. The Morgan fingerprint density at radius 1 is 1.20 bits per heavy atom. The molecule has 3 rings (SSSR count). The van der Waals surface area contributed by atoms with Crippen molar-refractivity contribution in [2.24, 2.45) is 0 Å². The molecule has 1 aliphatic rings. The molecule has 1 fully saturated rings. The largest absolute Gasteiger partial charge is 0.335 e. The van der Waals surface area contributed by atoms with Crippen LogP contribution in [-0.2, 0) is 0 Å². The summed E-state index contributed by atoms with van der Waals surface area (Å²) in [6.07, 6.45) is 5.67. The van der Waals surface area contributed by atoms with E-state index in [1.165, 1.54) is 0 Å². The predicted molar refractivity (Wildman–Crippen MR) is 121 cm³/mol. The number of amides is 1. The average Bonchev–Trinajstić information content (AvgIpc) is 2.97. The number of nitrogens with zero attached hydrogens (tertiary/aromatic N) is 4. The number of rotatable bonds is 6. The molecule has 0 bridgehead atoms. The summed E-state index contributed by atoms with van der Waals surface area (Å²) in [7, 11) is 0. The first kappa shape index (κ1) is 22.5. The third-order valence-corrected chi connectivity index (χ3v) is 5.84.